The van der Waals surface area contributed by atoms with Crippen LogP contribution in [0.15, 0.2) is 24.3 Å². The molecule has 14 heteroatoms. The van der Waals surface area contributed by atoms with Crippen LogP contribution in [0.25, 0.3) is 0 Å². The number of ether oxygens (including phenoxy) is 11. The predicted molar refractivity (Wildman–Crippen MR) is 171 cm³/mol. The number of rotatable bonds is 34. The predicted octanol–water partition coefficient (Wildman–Crippen LogP) is 1.87. The third-order valence-corrected chi connectivity index (χ3v) is 6.36. The number of carbonyl (C=O) groups excluding carboxylic acids is 2. The van der Waals surface area contributed by atoms with Crippen LogP contribution in [0.4, 0.5) is 0 Å². The van der Waals surface area contributed by atoms with Gasteiger partial charge in [0.1, 0.15) is 0 Å². The Balaban J connectivity index is 1.18. The second kappa shape index (κ2) is 28.9. The summed E-state index contributed by atoms with van der Waals surface area (Å²) >= 11 is 0. The van der Waals surface area contributed by atoms with Crippen molar-refractivity contribution < 1.29 is 61.7 Å². The Bertz CT molecular complexity index is 885. The number of imide groups is 1. The number of amides is 2. The molecule has 2 amide bonds. The van der Waals surface area contributed by atoms with Gasteiger partial charge in [-0.2, -0.15) is 0 Å². The summed E-state index contributed by atoms with van der Waals surface area (Å²) in [6.07, 6.45) is 0.225. The van der Waals surface area contributed by atoms with Crippen LogP contribution in [0.1, 0.15) is 34.6 Å². The van der Waals surface area contributed by atoms with Crippen molar-refractivity contribution in [2.75, 3.05) is 145 Å². The van der Waals surface area contributed by atoms with Gasteiger partial charge in [0.2, 0.25) is 0 Å². The van der Waals surface area contributed by atoms with Crippen LogP contribution in [0.2, 0.25) is 0 Å². The zero-order valence-electron chi connectivity index (χ0n) is 28.2. The normalized spacial score (nSPS) is 13.0. The van der Waals surface area contributed by atoms with Crippen LogP contribution in [-0.2, 0) is 52.1 Å². The van der Waals surface area contributed by atoms with Gasteiger partial charge in [-0.3, -0.25) is 14.5 Å². The highest BCUT2D eigenvalue weighted by Crippen LogP contribution is 2.21. The first-order valence-electron chi connectivity index (χ1n) is 16.5. The van der Waals surface area contributed by atoms with Crippen molar-refractivity contribution >= 4 is 11.8 Å². The molecule has 1 heterocycles. The van der Waals surface area contributed by atoms with Crippen LogP contribution in [0.5, 0.6) is 0 Å². The van der Waals surface area contributed by atoms with Gasteiger partial charge >= 0.3 is 0 Å². The SMILES string of the molecule is CC(C)OCCOCCOCCOCCOCCOCCOCCOCCOCCOCCOCCN1C(=O)c2ccccc2C1=O. The zero-order chi connectivity index (χ0) is 33.6. The molecule has 1 aliphatic heterocycles. The molecule has 1 aliphatic rings. The van der Waals surface area contributed by atoms with Gasteiger partial charge in [0.05, 0.1) is 163 Å². The Morgan fingerprint density at radius 2 is 0.681 bits per heavy atom. The topological polar surface area (TPSA) is 139 Å². The fraction of sp³-hybridized carbons (Fsp3) is 0.758. The fourth-order valence-corrected chi connectivity index (χ4v) is 4.02. The van der Waals surface area contributed by atoms with Gasteiger partial charge in [0.25, 0.3) is 11.8 Å². The van der Waals surface area contributed by atoms with E-state index in [1.54, 1.807) is 24.3 Å². The molecule has 0 spiro atoms. The average molecular weight is 674 g/mol. The van der Waals surface area contributed by atoms with Crippen molar-refractivity contribution in [2.24, 2.45) is 0 Å². The van der Waals surface area contributed by atoms with Crippen LogP contribution < -0.4 is 0 Å². The maximum Gasteiger partial charge on any atom is 0.261 e. The lowest BCUT2D eigenvalue weighted by Gasteiger charge is -2.13. The number of benzene rings is 1. The maximum atomic E-state index is 12.3. The highest BCUT2D eigenvalue weighted by molar-refractivity contribution is 6.21. The minimum absolute atomic E-state index is 0.215. The van der Waals surface area contributed by atoms with Gasteiger partial charge in [0.15, 0.2) is 0 Å². The molecule has 1 aromatic carbocycles. The van der Waals surface area contributed by atoms with Crippen LogP contribution >= 0.6 is 0 Å². The second-order valence-corrected chi connectivity index (χ2v) is 10.4. The summed E-state index contributed by atoms with van der Waals surface area (Å²) in [6, 6.07) is 6.82. The molecule has 0 unspecified atom stereocenters. The smallest absolute Gasteiger partial charge is 0.261 e. The molecule has 1 aromatic rings. The molecular weight excluding hydrogens is 618 g/mol. The Morgan fingerprint density at radius 3 is 0.957 bits per heavy atom. The minimum atomic E-state index is -0.277. The van der Waals surface area contributed by atoms with Crippen molar-refractivity contribution in [1.29, 1.82) is 0 Å². The first-order valence-corrected chi connectivity index (χ1v) is 16.5. The van der Waals surface area contributed by atoms with E-state index in [1.807, 2.05) is 13.8 Å². The Morgan fingerprint density at radius 1 is 0.426 bits per heavy atom. The lowest BCUT2D eigenvalue weighted by molar-refractivity contribution is -0.0287. The standard InChI is InChI=1S/C33H55NO13/c1-29(2)47-28-27-46-26-25-45-24-23-44-22-21-43-20-19-42-18-17-41-16-15-40-14-13-39-12-11-38-10-9-37-8-7-34-32(35)30-5-3-4-6-31(30)33(34)36/h3-6,29H,7-28H2,1-2H3. The third-order valence-electron chi connectivity index (χ3n) is 6.36. The largest absolute Gasteiger partial charge is 0.377 e. The quantitative estimate of drug-likeness (QED) is 0.0778. The maximum absolute atomic E-state index is 12.3. The van der Waals surface area contributed by atoms with Gasteiger partial charge in [-0.05, 0) is 26.0 Å². The van der Waals surface area contributed by atoms with Crippen molar-refractivity contribution in [3.63, 3.8) is 0 Å². The summed E-state index contributed by atoms with van der Waals surface area (Å²) in [6.45, 7) is 14.3. The van der Waals surface area contributed by atoms with E-state index in [-0.39, 0.29) is 31.1 Å². The van der Waals surface area contributed by atoms with Crippen LogP contribution in [-0.4, -0.2) is 168 Å². The number of nitrogens with zero attached hydrogens (tertiary/aromatic N) is 1. The fourth-order valence-electron chi connectivity index (χ4n) is 4.02. The first-order chi connectivity index (χ1) is 23.1. The van der Waals surface area contributed by atoms with E-state index in [4.69, 9.17) is 52.1 Å². The third kappa shape index (κ3) is 20.8. The van der Waals surface area contributed by atoms with E-state index < -0.39 is 0 Å². The molecular formula is C33H55NO13. The highest BCUT2D eigenvalue weighted by atomic mass is 16.6. The summed E-state index contributed by atoms with van der Waals surface area (Å²) < 4.78 is 60.0. The highest BCUT2D eigenvalue weighted by Gasteiger charge is 2.34. The van der Waals surface area contributed by atoms with E-state index in [2.05, 4.69) is 0 Å². The molecule has 0 fully saturated rings. The number of hydrogen-bond acceptors (Lipinski definition) is 13. The molecule has 0 N–H and O–H groups in total. The minimum Gasteiger partial charge on any atom is -0.377 e. The molecule has 0 saturated heterocycles. The molecule has 0 aromatic heterocycles. The van der Waals surface area contributed by atoms with Gasteiger partial charge in [0, 0.05) is 0 Å². The molecule has 0 radical (unpaired) electrons. The summed E-state index contributed by atoms with van der Waals surface area (Å²) in [5.74, 6) is -0.554. The molecule has 0 atom stereocenters. The summed E-state index contributed by atoms with van der Waals surface area (Å²) in [5.41, 5.74) is 0.885. The molecule has 0 aliphatic carbocycles. The van der Waals surface area contributed by atoms with Gasteiger partial charge in [-0.25, -0.2) is 0 Å². The molecule has 2 rings (SSSR count). The number of fused-ring (bicyclic) bond motifs is 1. The molecule has 14 nitrogen and oxygen atoms in total. The van der Waals surface area contributed by atoms with Crippen molar-refractivity contribution in [3.05, 3.63) is 35.4 Å². The van der Waals surface area contributed by atoms with E-state index in [9.17, 15) is 9.59 Å². The number of hydrogen-bond donors (Lipinski definition) is 0. The van der Waals surface area contributed by atoms with Crippen LogP contribution in [0.3, 0.4) is 0 Å². The van der Waals surface area contributed by atoms with Crippen LogP contribution in [0, 0.1) is 0 Å². The molecule has 0 bridgehead atoms. The second-order valence-electron chi connectivity index (χ2n) is 10.4. The number of carbonyl (C=O) groups is 2. The van der Waals surface area contributed by atoms with Gasteiger partial charge in [-0.1, -0.05) is 12.1 Å². The lowest BCUT2D eigenvalue weighted by Crippen LogP contribution is -2.33. The van der Waals surface area contributed by atoms with E-state index in [0.29, 0.717) is 143 Å². The van der Waals surface area contributed by atoms with E-state index in [0.717, 1.165) is 0 Å². The summed E-state index contributed by atoms with van der Waals surface area (Å²) in [4.78, 5) is 25.8. The van der Waals surface area contributed by atoms with Gasteiger partial charge < -0.3 is 52.1 Å². The van der Waals surface area contributed by atoms with E-state index >= 15 is 0 Å². The van der Waals surface area contributed by atoms with Crippen molar-refractivity contribution in [2.45, 2.75) is 20.0 Å². The average Bonchev–Trinajstić information content (AvgIpc) is 3.31. The van der Waals surface area contributed by atoms with Gasteiger partial charge in [-0.15, -0.1) is 0 Å². The monoisotopic (exact) mass is 673 g/mol. The molecule has 270 valence electrons. The molecule has 47 heavy (non-hydrogen) atoms. The Kier molecular flexibility index (Phi) is 25.3. The van der Waals surface area contributed by atoms with Crippen molar-refractivity contribution in [3.8, 4) is 0 Å². The Hall–Kier alpha value is -2.08. The summed E-state index contributed by atoms with van der Waals surface area (Å²) in [5, 5.41) is 0. The Labute approximate surface area is 279 Å². The molecule has 0 saturated carbocycles. The van der Waals surface area contributed by atoms with E-state index in [1.165, 1.54) is 4.90 Å². The summed E-state index contributed by atoms with van der Waals surface area (Å²) in [7, 11) is 0. The zero-order valence-corrected chi connectivity index (χ0v) is 28.2. The lowest BCUT2D eigenvalue weighted by atomic mass is 10.1. The first kappa shape index (κ1) is 41.1. The van der Waals surface area contributed by atoms with Crippen molar-refractivity contribution in [1.82, 2.24) is 4.90 Å².